The Balaban J connectivity index is 2.49. The average molecular weight is 448 g/mol. The van der Waals surface area contributed by atoms with E-state index in [0.717, 1.165) is 11.3 Å². The van der Waals surface area contributed by atoms with Gasteiger partial charge in [-0.3, -0.25) is 19.7 Å². The summed E-state index contributed by atoms with van der Waals surface area (Å²) in [5, 5.41) is 14.0. The number of amides is 2. The first-order valence-corrected chi connectivity index (χ1v) is 10.6. The maximum Gasteiger partial charge on any atom is 0.341 e. The first kappa shape index (κ1) is 24.0. The van der Waals surface area contributed by atoms with Gasteiger partial charge in [0.25, 0.3) is 17.5 Å². The lowest BCUT2D eigenvalue weighted by atomic mass is 10.1. The first-order valence-electron chi connectivity index (χ1n) is 9.82. The quantitative estimate of drug-likeness (QED) is 0.368. The van der Waals surface area contributed by atoms with Gasteiger partial charge in [-0.05, 0) is 46.2 Å². The summed E-state index contributed by atoms with van der Waals surface area (Å²) in [5.41, 5.74) is 0.837. The number of nitrogens with one attached hydrogen (secondary N) is 1. The van der Waals surface area contributed by atoms with E-state index in [-0.39, 0.29) is 34.3 Å². The lowest BCUT2D eigenvalue weighted by Crippen LogP contribution is -2.30. The monoisotopic (exact) mass is 447 g/mol. The van der Waals surface area contributed by atoms with Crippen molar-refractivity contribution in [2.24, 2.45) is 0 Å². The van der Waals surface area contributed by atoms with E-state index < -0.39 is 16.8 Å². The number of thiophene rings is 1. The topological polar surface area (TPSA) is 119 Å². The molecule has 9 nitrogen and oxygen atoms in total. The van der Waals surface area contributed by atoms with Crippen molar-refractivity contribution >= 4 is 39.8 Å². The summed E-state index contributed by atoms with van der Waals surface area (Å²) in [4.78, 5) is 50.8. The van der Waals surface area contributed by atoms with Gasteiger partial charge in [0.2, 0.25) is 0 Å². The zero-order chi connectivity index (χ0) is 23.3. The third-order valence-corrected chi connectivity index (χ3v) is 5.96. The Morgan fingerprint density at radius 2 is 1.81 bits per heavy atom. The molecule has 0 atom stereocenters. The minimum absolute atomic E-state index is 0.0646. The molecule has 0 aliphatic rings. The van der Waals surface area contributed by atoms with Crippen LogP contribution in [0.2, 0.25) is 0 Å². The van der Waals surface area contributed by atoms with Crippen LogP contribution in [0.4, 0.5) is 10.7 Å². The zero-order valence-corrected chi connectivity index (χ0v) is 18.9. The molecule has 0 spiro atoms. The van der Waals surface area contributed by atoms with Crippen molar-refractivity contribution in [3.8, 4) is 0 Å². The van der Waals surface area contributed by atoms with Gasteiger partial charge in [0, 0.05) is 30.3 Å². The highest BCUT2D eigenvalue weighted by atomic mass is 32.1. The Labute approximate surface area is 184 Å². The van der Waals surface area contributed by atoms with Gasteiger partial charge in [0.15, 0.2) is 0 Å². The minimum Gasteiger partial charge on any atom is -0.462 e. The fraction of sp³-hybridized carbons (Fsp3) is 0.381. The predicted octanol–water partition coefficient (Wildman–Crippen LogP) is 4.18. The van der Waals surface area contributed by atoms with Crippen molar-refractivity contribution in [1.82, 2.24) is 4.90 Å². The Morgan fingerprint density at radius 3 is 2.35 bits per heavy atom. The third-order valence-electron chi connectivity index (χ3n) is 4.77. The number of nitro benzene ring substituents is 1. The van der Waals surface area contributed by atoms with Crippen LogP contribution in [0.1, 0.15) is 62.3 Å². The molecule has 1 N–H and O–H groups in total. The van der Waals surface area contributed by atoms with E-state index in [9.17, 15) is 24.5 Å². The number of anilines is 1. The summed E-state index contributed by atoms with van der Waals surface area (Å²) in [5.74, 6) is -1.53. The van der Waals surface area contributed by atoms with E-state index in [2.05, 4.69) is 5.32 Å². The maximum atomic E-state index is 12.9. The smallest absolute Gasteiger partial charge is 0.341 e. The molecule has 2 aromatic rings. The van der Waals surface area contributed by atoms with Crippen LogP contribution in [0.25, 0.3) is 0 Å². The van der Waals surface area contributed by atoms with Crippen LogP contribution in [-0.2, 0) is 4.74 Å². The fourth-order valence-electron chi connectivity index (χ4n) is 3.03. The third kappa shape index (κ3) is 5.08. The zero-order valence-electron chi connectivity index (χ0n) is 18.1. The van der Waals surface area contributed by atoms with Gasteiger partial charge in [-0.1, -0.05) is 6.07 Å². The Kier molecular flexibility index (Phi) is 7.87. The van der Waals surface area contributed by atoms with Crippen LogP contribution in [0, 0.1) is 24.0 Å². The molecule has 1 aromatic heterocycles. The number of carbonyl (C=O) groups is 3. The van der Waals surface area contributed by atoms with Gasteiger partial charge < -0.3 is 15.0 Å². The van der Waals surface area contributed by atoms with Crippen molar-refractivity contribution in [2.75, 3.05) is 25.0 Å². The molecule has 0 aliphatic carbocycles. The summed E-state index contributed by atoms with van der Waals surface area (Å²) in [6.45, 7) is 9.69. The highest BCUT2D eigenvalue weighted by Gasteiger charge is 2.28. The van der Waals surface area contributed by atoms with E-state index in [1.807, 2.05) is 13.8 Å². The minimum atomic E-state index is -0.653. The molecule has 0 unspecified atom stereocenters. The number of aryl methyl sites for hydroxylation is 1. The van der Waals surface area contributed by atoms with Gasteiger partial charge in [-0.15, -0.1) is 11.3 Å². The molecular formula is C21H25N3O6S. The second kappa shape index (κ2) is 10.2. The molecule has 2 rings (SSSR count). The van der Waals surface area contributed by atoms with Crippen molar-refractivity contribution in [1.29, 1.82) is 0 Å². The van der Waals surface area contributed by atoms with Crippen LogP contribution >= 0.6 is 11.3 Å². The van der Waals surface area contributed by atoms with Crippen LogP contribution in [0.15, 0.2) is 18.2 Å². The molecule has 1 heterocycles. The van der Waals surface area contributed by atoms with Gasteiger partial charge >= 0.3 is 5.97 Å². The number of hydrogen-bond acceptors (Lipinski definition) is 7. The molecule has 0 aliphatic heterocycles. The summed E-state index contributed by atoms with van der Waals surface area (Å²) in [7, 11) is 0. The molecule has 10 heteroatoms. The summed E-state index contributed by atoms with van der Waals surface area (Å²) < 4.78 is 5.11. The largest absolute Gasteiger partial charge is 0.462 e. The average Bonchev–Trinajstić information content (AvgIpc) is 3.04. The predicted molar refractivity (Wildman–Crippen MR) is 118 cm³/mol. The van der Waals surface area contributed by atoms with E-state index in [0.29, 0.717) is 29.1 Å². The summed E-state index contributed by atoms with van der Waals surface area (Å²) >= 11 is 0.986. The Hall–Kier alpha value is -3.27. The highest BCUT2D eigenvalue weighted by molar-refractivity contribution is 7.18. The van der Waals surface area contributed by atoms with E-state index in [1.165, 1.54) is 18.2 Å². The van der Waals surface area contributed by atoms with Gasteiger partial charge in [-0.2, -0.15) is 0 Å². The van der Waals surface area contributed by atoms with E-state index >= 15 is 0 Å². The molecule has 1 aromatic carbocycles. The van der Waals surface area contributed by atoms with Crippen molar-refractivity contribution in [3.63, 3.8) is 0 Å². The normalized spacial score (nSPS) is 10.5. The number of esters is 1. The number of rotatable bonds is 8. The maximum absolute atomic E-state index is 12.9. The van der Waals surface area contributed by atoms with Crippen LogP contribution < -0.4 is 5.32 Å². The summed E-state index contributed by atoms with van der Waals surface area (Å²) in [6, 6.07) is 4.12. The van der Waals surface area contributed by atoms with Crippen molar-refractivity contribution in [3.05, 3.63) is 55.4 Å². The lowest BCUT2D eigenvalue weighted by Gasteiger charge is -2.18. The highest BCUT2D eigenvalue weighted by Crippen LogP contribution is 2.35. The number of carbonyl (C=O) groups excluding carboxylic acids is 3. The number of benzene rings is 1. The Morgan fingerprint density at radius 1 is 1.16 bits per heavy atom. The van der Waals surface area contributed by atoms with Crippen LogP contribution in [0.5, 0.6) is 0 Å². The summed E-state index contributed by atoms with van der Waals surface area (Å²) in [6.07, 6.45) is 0. The number of nitro groups is 1. The van der Waals surface area contributed by atoms with E-state index in [1.54, 1.807) is 25.7 Å². The number of nitrogens with zero attached hydrogens (tertiary/aromatic N) is 2. The van der Waals surface area contributed by atoms with Crippen molar-refractivity contribution in [2.45, 2.75) is 34.6 Å². The molecule has 0 fully saturated rings. The first-order chi connectivity index (χ1) is 14.7. The standard InChI is InChI=1S/C21H25N3O6S/c1-6-23(7-2)20(26)17-13(5)16(21(27)30-8-3)19(31-17)22-18(25)14-10-9-12(4)15(11-14)24(28)29/h9-11H,6-8H2,1-5H3,(H,22,25). The van der Waals surface area contributed by atoms with Gasteiger partial charge in [-0.25, -0.2) is 4.79 Å². The van der Waals surface area contributed by atoms with E-state index in [4.69, 9.17) is 4.74 Å². The molecule has 31 heavy (non-hydrogen) atoms. The second-order valence-corrected chi connectivity index (χ2v) is 7.69. The molecule has 0 saturated carbocycles. The van der Waals surface area contributed by atoms with Crippen molar-refractivity contribution < 1.29 is 24.0 Å². The van der Waals surface area contributed by atoms with Gasteiger partial charge in [0.1, 0.15) is 5.00 Å². The molecule has 0 saturated heterocycles. The van der Waals surface area contributed by atoms with Gasteiger partial charge in [0.05, 0.1) is 22.0 Å². The van der Waals surface area contributed by atoms with Crippen LogP contribution in [0.3, 0.4) is 0 Å². The second-order valence-electron chi connectivity index (χ2n) is 6.67. The molecule has 0 radical (unpaired) electrons. The molecular weight excluding hydrogens is 422 g/mol. The fourth-order valence-corrected chi connectivity index (χ4v) is 4.19. The molecule has 2 amide bonds. The molecule has 166 valence electrons. The number of hydrogen-bond donors (Lipinski definition) is 1. The Bertz CT molecular complexity index is 1030. The lowest BCUT2D eigenvalue weighted by molar-refractivity contribution is -0.385. The number of ether oxygens (including phenoxy) is 1. The molecule has 0 bridgehead atoms. The van der Waals surface area contributed by atoms with Crippen LogP contribution in [-0.4, -0.2) is 47.3 Å². The SMILES string of the molecule is CCOC(=O)c1c(NC(=O)c2ccc(C)c([N+](=O)[O-])c2)sc(C(=O)N(CC)CC)c1C.